The Labute approximate surface area is 128 Å². The van der Waals surface area contributed by atoms with Gasteiger partial charge < -0.3 is 14.6 Å². The fourth-order valence-electron chi connectivity index (χ4n) is 1.59. The van der Waals surface area contributed by atoms with Crippen LogP contribution < -0.4 is 9.47 Å². The van der Waals surface area contributed by atoms with Crippen molar-refractivity contribution >= 4 is 33.2 Å². The van der Waals surface area contributed by atoms with E-state index in [9.17, 15) is 4.79 Å². The highest BCUT2D eigenvalue weighted by atomic mass is 79.9. The Bertz CT molecular complexity index is 641. The van der Waals surface area contributed by atoms with Gasteiger partial charge in [0.1, 0.15) is 11.6 Å². The topological polar surface area (TPSA) is 68.7 Å². The van der Waals surface area contributed by atoms with Crippen LogP contribution in [0.2, 0.25) is 0 Å². The molecule has 7 heteroatoms. The summed E-state index contributed by atoms with van der Waals surface area (Å²) in [5.41, 5.74) is 1.08. The van der Waals surface area contributed by atoms with Crippen LogP contribution in [0.25, 0.3) is 0 Å². The van der Waals surface area contributed by atoms with Gasteiger partial charge in [0.05, 0.1) is 17.1 Å². The highest BCUT2D eigenvalue weighted by molar-refractivity contribution is 9.10. The van der Waals surface area contributed by atoms with Crippen molar-refractivity contribution < 1.29 is 19.4 Å². The second kappa shape index (κ2) is 6.23. The predicted octanol–water partition coefficient (Wildman–Crippen LogP) is 3.50. The summed E-state index contributed by atoms with van der Waals surface area (Å²) < 4.78 is 11.4. The van der Waals surface area contributed by atoms with E-state index in [2.05, 4.69) is 20.9 Å². The minimum absolute atomic E-state index is 0.131. The summed E-state index contributed by atoms with van der Waals surface area (Å²) in [5, 5.41) is 11.8. The molecule has 0 unspecified atom stereocenters. The molecule has 0 aliphatic rings. The van der Waals surface area contributed by atoms with E-state index in [1.165, 1.54) is 30.6 Å². The number of carboxylic acids is 1. The van der Waals surface area contributed by atoms with E-state index in [-0.39, 0.29) is 5.56 Å². The Morgan fingerprint density at radius 1 is 1.50 bits per heavy atom. The first kappa shape index (κ1) is 14.8. The number of hydrogen-bond acceptors (Lipinski definition) is 5. The molecule has 1 N–H and O–H groups in total. The van der Waals surface area contributed by atoms with E-state index in [0.717, 1.165) is 10.7 Å². The van der Waals surface area contributed by atoms with Crippen LogP contribution in [-0.2, 0) is 6.61 Å². The summed E-state index contributed by atoms with van der Waals surface area (Å²) in [6, 6.07) is 2.91. The number of aryl methyl sites for hydroxylation is 1. The first-order valence-corrected chi connectivity index (χ1v) is 7.33. The number of aromatic carboxylic acids is 1. The Morgan fingerprint density at radius 3 is 2.80 bits per heavy atom. The highest BCUT2D eigenvalue weighted by Gasteiger charge is 2.15. The summed E-state index contributed by atoms with van der Waals surface area (Å²) in [7, 11) is 1.47. The van der Waals surface area contributed by atoms with Crippen molar-refractivity contribution in [3.8, 4) is 11.5 Å². The third kappa shape index (κ3) is 3.29. The van der Waals surface area contributed by atoms with Gasteiger partial charge in [-0.3, -0.25) is 0 Å². The van der Waals surface area contributed by atoms with E-state index in [1.54, 1.807) is 0 Å². The number of carbonyl (C=O) groups is 1. The van der Waals surface area contributed by atoms with Gasteiger partial charge in [-0.25, -0.2) is 9.78 Å². The minimum Gasteiger partial charge on any atom is -0.493 e. The van der Waals surface area contributed by atoms with Gasteiger partial charge in [0.15, 0.2) is 11.5 Å². The van der Waals surface area contributed by atoms with E-state index in [0.29, 0.717) is 22.6 Å². The molecule has 0 bridgehead atoms. The van der Waals surface area contributed by atoms with E-state index in [4.69, 9.17) is 14.6 Å². The van der Waals surface area contributed by atoms with Gasteiger partial charge in [0.2, 0.25) is 0 Å². The van der Waals surface area contributed by atoms with Crippen LogP contribution in [0.5, 0.6) is 11.5 Å². The second-order valence-electron chi connectivity index (χ2n) is 3.97. The molecule has 0 saturated heterocycles. The number of carboxylic acid groups (broad SMARTS) is 1. The number of nitrogens with zero attached hydrogens (tertiary/aromatic N) is 1. The first-order chi connectivity index (χ1) is 9.51. The van der Waals surface area contributed by atoms with Crippen LogP contribution in [0.3, 0.4) is 0 Å². The van der Waals surface area contributed by atoms with Crippen molar-refractivity contribution in [1.82, 2.24) is 4.98 Å². The van der Waals surface area contributed by atoms with Gasteiger partial charge in [0, 0.05) is 11.1 Å². The van der Waals surface area contributed by atoms with Crippen LogP contribution in [0, 0.1) is 6.92 Å². The van der Waals surface area contributed by atoms with Gasteiger partial charge in [-0.15, -0.1) is 11.3 Å². The molecule has 0 aliphatic carbocycles. The van der Waals surface area contributed by atoms with Crippen LogP contribution in [0.1, 0.15) is 21.1 Å². The Kier molecular flexibility index (Phi) is 4.61. The number of hydrogen-bond donors (Lipinski definition) is 1. The maximum Gasteiger partial charge on any atom is 0.335 e. The molecule has 1 aromatic carbocycles. The number of aromatic nitrogens is 1. The van der Waals surface area contributed by atoms with Crippen molar-refractivity contribution in [1.29, 1.82) is 0 Å². The lowest BCUT2D eigenvalue weighted by atomic mass is 10.2. The zero-order chi connectivity index (χ0) is 14.7. The minimum atomic E-state index is -1.02. The van der Waals surface area contributed by atoms with Gasteiger partial charge in [0.25, 0.3) is 0 Å². The maximum atomic E-state index is 11.0. The average molecular weight is 358 g/mol. The molecule has 5 nitrogen and oxygen atoms in total. The van der Waals surface area contributed by atoms with Crippen molar-refractivity contribution in [3.63, 3.8) is 0 Å². The van der Waals surface area contributed by atoms with Crippen molar-refractivity contribution in [3.05, 3.63) is 38.3 Å². The van der Waals surface area contributed by atoms with Gasteiger partial charge >= 0.3 is 5.97 Å². The SMILES string of the molecule is COc1cc(C(=O)O)cc(Br)c1OCc1nc(C)cs1. The number of methoxy groups -OCH3 is 1. The summed E-state index contributed by atoms with van der Waals surface area (Å²) in [6.07, 6.45) is 0. The lowest BCUT2D eigenvalue weighted by molar-refractivity contribution is 0.0696. The van der Waals surface area contributed by atoms with Gasteiger partial charge in [-0.2, -0.15) is 0 Å². The molecular weight excluding hydrogens is 346 g/mol. The smallest absolute Gasteiger partial charge is 0.335 e. The van der Waals surface area contributed by atoms with Gasteiger partial charge in [-0.1, -0.05) is 0 Å². The molecule has 0 radical (unpaired) electrons. The fraction of sp³-hybridized carbons (Fsp3) is 0.231. The molecule has 0 spiro atoms. The molecular formula is C13H12BrNO4S. The monoisotopic (exact) mass is 357 g/mol. The zero-order valence-corrected chi connectivity index (χ0v) is 13.2. The van der Waals surface area contributed by atoms with Crippen molar-refractivity contribution in [2.45, 2.75) is 13.5 Å². The van der Waals surface area contributed by atoms with Crippen LogP contribution in [0.15, 0.2) is 22.0 Å². The number of rotatable bonds is 5. The van der Waals surface area contributed by atoms with E-state index in [1.807, 2.05) is 12.3 Å². The number of halogens is 1. The largest absolute Gasteiger partial charge is 0.493 e. The molecule has 1 aromatic heterocycles. The summed E-state index contributed by atoms with van der Waals surface area (Å²) in [4.78, 5) is 15.3. The molecule has 0 amide bonds. The predicted molar refractivity (Wildman–Crippen MR) is 78.8 cm³/mol. The fourth-order valence-corrected chi connectivity index (χ4v) is 2.83. The molecule has 1 heterocycles. The number of thiazole rings is 1. The molecule has 2 aromatic rings. The second-order valence-corrected chi connectivity index (χ2v) is 5.76. The first-order valence-electron chi connectivity index (χ1n) is 5.66. The quantitative estimate of drug-likeness (QED) is 0.886. The number of benzene rings is 1. The summed E-state index contributed by atoms with van der Waals surface area (Å²) in [5.74, 6) is -0.193. The standard InChI is InChI=1S/C13H12BrNO4S/c1-7-6-20-11(15-7)5-19-12-9(14)3-8(13(16)17)4-10(12)18-2/h3-4,6H,5H2,1-2H3,(H,16,17). The summed E-state index contributed by atoms with van der Waals surface area (Å²) >= 11 is 4.81. The Morgan fingerprint density at radius 2 is 2.25 bits per heavy atom. The third-order valence-corrected chi connectivity index (χ3v) is 4.01. The molecule has 106 valence electrons. The summed E-state index contributed by atoms with van der Waals surface area (Å²) in [6.45, 7) is 2.22. The molecule has 2 rings (SSSR count). The maximum absolute atomic E-state index is 11.0. The van der Waals surface area contributed by atoms with E-state index >= 15 is 0 Å². The Hall–Kier alpha value is -1.60. The van der Waals surface area contributed by atoms with Gasteiger partial charge in [-0.05, 0) is 35.0 Å². The molecule has 0 aliphatic heterocycles. The molecule has 0 saturated carbocycles. The lowest BCUT2D eigenvalue weighted by Crippen LogP contribution is -2.02. The molecule has 0 atom stereocenters. The van der Waals surface area contributed by atoms with E-state index < -0.39 is 5.97 Å². The third-order valence-electron chi connectivity index (χ3n) is 2.48. The molecule has 0 fully saturated rings. The lowest BCUT2D eigenvalue weighted by Gasteiger charge is -2.12. The highest BCUT2D eigenvalue weighted by Crippen LogP contribution is 2.37. The number of ether oxygens (including phenoxy) is 2. The van der Waals surface area contributed by atoms with Crippen LogP contribution >= 0.6 is 27.3 Å². The molecule has 20 heavy (non-hydrogen) atoms. The zero-order valence-electron chi connectivity index (χ0n) is 10.8. The van der Waals surface area contributed by atoms with Crippen molar-refractivity contribution in [2.75, 3.05) is 7.11 Å². The normalized spacial score (nSPS) is 10.3. The van der Waals surface area contributed by atoms with Crippen LogP contribution in [0.4, 0.5) is 0 Å². The van der Waals surface area contributed by atoms with Crippen LogP contribution in [-0.4, -0.2) is 23.2 Å². The average Bonchev–Trinajstić information content (AvgIpc) is 2.82. The van der Waals surface area contributed by atoms with Crippen molar-refractivity contribution in [2.24, 2.45) is 0 Å². The Balaban J connectivity index is 2.24.